The number of benzene rings is 1. The summed E-state index contributed by atoms with van der Waals surface area (Å²) in [6.07, 6.45) is 1.76. The van der Waals surface area contributed by atoms with Crippen LogP contribution in [0.2, 0.25) is 0 Å². The van der Waals surface area contributed by atoms with E-state index in [1.807, 2.05) is 0 Å². The van der Waals surface area contributed by atoms with Crippen LogP contribution in [0.25, 0.3) is 0 Å². The summed E-state index contributed by atoms with van der Waals surface area (Å²) in [5, 5.41) is 0. The molecule has 5 heteroatoms. The minimum absolute atomic E-state index is 0.0633. The molecule has 0 spiro atoms. The number of nitrogens with zero attached hydrogens (tertiary/aromatic N) is 1. The Balaban J connectivity index is 2.17. The van der Waals surface area contributed by atoms with Gasteiger partial charge in [0.25, 0.3) is 5.91 Å². The Morgan fingerprint density at radius 1 is 1.42 bits per heavy atom. The van der Waals surface area contributed by atoms with Crippen molar-refractivity contribution in [1.29, 1.82) is 0 Å². The van der Waals surface area contributed by atoms with Crippen molar-refractivity contribution in [3.8, 4) is 0 Å². The summed E-state index contributed by atoms with van der Waals surface area (Å²) in [5.41, 5.74) is 6.55. The first kappa shape index (κ1) is 13.8. The van der Waals surface area contributed by atoms with Crippen molar-refractivity contribution in [1.82, 2.24) is 4.90 Å². The number of methoxy groups -OCH3 is 1. The van der Waals surface area contributed by atoms with Crippen LogP contribution >= 0.6 is 0 Å². The van der Waals surface area contributed by atoms with Gasteiger partial charge in [0.15, 0.2) is 0 Å². The molecule has 2 N–H and O–H groups in total. The number of amides is 1. The third-order valence-electron chi connectivity index (χ3n) is 3.57. The molecule has 0 saturated carbocycles. The number of hydrogen-bond acceptors (Lipinski definition) is 3. The topological polar surface area (TPSA) is 55.6 Å². The second-order valence-corrected chi connectivity index (χ2v) is 4.93. The zero-order valence-corrected chi connectivity index (χ0v) is 11.3. The van der Waals surface area contributed by atoms with Gasteiger partial charge in [-0.05, 0) is 37.5 Å². The maximum atomic E-state index is 14.0. The number of nitrogens with two attached hydrogens (primary N) is 1. The highest BCUT2D eigenvalue weighted by Crippen LogP contribution is 2.21. The molecule has 1 saturated heterocycles. The molecule has 2 rings (SSSR count). The van der Waals surface area contributed by atoms with Crippen LogP contribution in [-0.4, -0.2) is 37.1 Å². The lowest BCUT2D eigenvalue weighted by Crippen LogP contribution is -2.41. The van der Waals surface area contributed by atoms with E-state index in [0.717, 1.165) is 12.8 Å². The highest BCUT2D eigenvalue weighted by molar-refractivity contribution is 5.95. The zero-order chi connectivity index (χ0) is 14.0. The number of piperidine rings is 1. The minimum atomic E-state index is -0.479. The van der Waals surface area contributed by atoms with Crippen LogP contribution in [0.1, 0.15) is 28.8 Å². The molecule has 1 heterocycles. The highest BCUT2D eigenvalue weighted by atomic mass is 19.1. The van der Waals surface area contributed by atoms with E-state index in [1.165, 1.54) is 12.1 Å². The monoisotopic (exact) mass is 266 g/mol. The first-order valence-electron chi connectivity index (χ1n) is 6.40. The Kier molecular flexibility index (Phi) is 4.04. The zero-order valence-electron chi connectivity index (χ0n) is 11.3. The summed E-state index contributed by atoms with van der Waals surface area (Å²) in [6, 6.07) is 2.94. The summed E-state index contributed by atoms with van der Waals surface area (Å²) in [7, 11) is 1.67. The standard InChI is InChI=1S/C14H19FN2O2/c1-9-7-10(16)8-12(13(9)15)14(18)17-5-3-11(19-2)4-6-17/h7-8,11H,3-6,16H2,1-2H3. The van der Waals surface area contributed by atoms with Gasteiger partial charge in [-0.15, -0.1) is 0 Å². The van der Waals surface area contributed by atoms with E-state index in [-0.39, 0.29) is 17.6 Å². The summed E-state index contributed by atoms with van der Waals surface area (Å²) in [4.78, 5) is 14.0. The molecule has 1 fully saturated rings. The van der Waals surface area contributed by atoms with Gasteiger partial charge in [-0.25, -0.2) is 4.39 Å². The highest BCUT2D eigenvalue weighted by Gasteiger charge is 2.25. The molecule has 1 aliphatic heterocycles. The lowest BCUT2D eigenvalue weighted by atomic mass is 10.0. The third kappa shape index (κ3) is 2.87. The Morgan fingerprint density at radius 2 is 2.05 bits per heavy atom. The van der Waals surface area contributed by atoms with E-state index in [1.54, 1.807) is 18.9 Å². The molecular weight excluding hydrogens is 247 g/mol. The Bertz CT molecular complexity index is 483. The lowest BCUT2D eigenvalue weighted by molar-refractivity contribution is 0.0348. The molecule has 0 atom stereocenters. The first-order chi connectivity index (χ1) is 9.02. The predicted octanol–water partition coefficient (Wildman–Crippen LogP) is 1.97. The quantitative estimate of drug-likeness (QED) is 0.833. The number of carbonyl (C=O) groups is 1. The van der Waals surface area contributed by atoms with Gasteiger partial charge < -0.3 is 15.4 Å². The van der Waals surface area contributed by atoms with Crippen molar-refractivity contribution in [2.24, 2.45) is 0 Å². The summed E-state index contributed by atoms with van der Waals surface area (Å²) >= 11 is 0. The molecule has 1 amide bonds. The van der Waals surface area contributed by atoms with Gasteiger partial charge in [0.1, 0.15) is 5.82 Å². The fourth-order valence-electron chi connectivity index (χ4n) is 2.42. The number of halogens is 1. The molecule has 0 bridgehead atoms. The van der Waals surface area contributed by atoms with Crippen molar-refractivity contribution in [3.05, 3.63) is 29.1 Å². The van der Waals surface area contributed by atoms with Crippen LogP contribution < -0.4 is 5.73 Å². The van der Waals surface area contributed by atoms with E-state index >= 15 is 0 Å². The van der Waals surface area contributed by atoms with Crippen molar-refractivity contribution >= 4 is 11.6 Å². The number of hydrogen-bond donors (Lipinski definition) is 1. The minimum Gasteiger partial charge on any atom is -0.399 e. The maximum Gasteiger partial charge on any atom is 0.256 e. The van der Waals surface area contributed by atoms with Crippen LogP contribution in [0.4, 0.5) is 10.1 Å². The smallest absolute Gasteiger partial charge is 0.256 e. The average molecular weight is 266 g/mol. The van der Waals surface area contributed by atoms with Crippen LogP contribution in [-0.2, 0) is 4.74 Å². The van der Waals surface area contributed by atoms with Gasteiger partial charge in [-0.2, -0.15) is 0 Å². The Labute approximate surface area is 112 Å². The molecule has 1 aromatic rings. The second-order valence-electron chi connectivity index (χ2n) is 4.93. The van der Waals surface area contributed by atoms with Crippen molar-refractivity contribution in [2.75, 3.05) is 25.9 Å². The molecule has 0 unspecified atom stereocenters. The van der Waals surface area contributed by atoms with E-state index in [9.17, 15) is 9.18 Å². The number of ether oxygens (including phenoxy) is 1. The molecule has 104 valence electrons. The average Bonchev–Trinajstić information content (AvgIpc) is 2.42. The molecule has 0 aromatic heterocycles. The molecular formula is C14H19FN2O2. The SMILES string of the molecule is COC1CCN(C(=O)c2cc(N)cc(C)c2F)CC1. The summed E-state index contributed by atoms with van der Waals surface area (Å²) in [6.45, 7) is 2.79. The second kappa shape index (κ2) is 5.57. The number of aryl methyl sites for hydroxylation is 1. The number of likely N-dealkylation sites (tertiary alicyclic amines) is 1. The van der Waals surface area contributed by atoms with Gasteiger partial charge in [-0.3, -0.25) is 4.79 Å². The van der Waals surface area contributed by atoms with Gasteiger partial charge in [-0.1, -0.05) is 0 Å². The fraction of sp³-hybridized carbons (Fsp3) is 0.500. The predicted molar refractivity (Wildman–Crippen MR) is 71.5 cm³/mol. The Morgan fingerprint density at radius 3 is 2.63 bits per heavy atom. The maximum absolute atomic E-state index is 14.0. The number of nitrogen functional groups attached to an aromatic ring is 1. The lowest BCUT2D eigenvalue weighted by Gasteiger charge is -2.31. The third-order valence-corrected chi connectivity index (χ3v) is 3.57. The molecule has 1 aliphatic rings. The largest absolute Gasteiger partial charge is 0.399 e. The van der Waals surface area contributed by atoms with E-state index in [2.05, 4.69) is 0 Å². The Hall–Kier alpha value is -1.62. The van der Waals surface area contributed by atoms with Crippen molar-refractivity contribution in [3.63, 3.8) is 0 Å². The molecule has 4 nitrogen and oxygen atoms in total. The molecule has 0 radical (unpaired) electrons. The fourth-order valence-corrected chi connectivity index (χ4v) is 2.42. The van der Waals surface area contributed by atoms with Crippen LogP contribution in [0.15, 0.2) is 12.1 Å². The van der Waals surface area contributed by atoms with Crippen LogP contribution in [0, 0.1) is 12.7 Å². The number of carbonyl (C=O) groups excluding carboxylic acids is 1. The number of rotatable bonds is 2. The van der Waals surface area contributed by atoms with Crippen LogP contribution in [0.5, 0.6) is 0 Å². The molecule has 0 aliphatic carbocycles. The van der Waals surface area contributed by atoms with Crippen molar-refractivity contribution < 1.29 is 13.9 Å². The van der Waals surface area contributed by atoms with Gasteiger partial charge in [0.2, 0.25) is 0 Å². The molecule has 19 heavy (non-hydrogen) atoms. The van der Waals surface area contributed by atoms with E-state index in [4.69, 9.17) is 10.5 Å². The van der Waals surface area contributed by atoms with Gasteiger partial charge >= 0.3 is 0 Å². The van der Waals surface area contributed by atoms with Crippen molar-refractivity contribution in [2.45, 2.75) is 25.9 Å². The summed E-state index contributed by atoms with van der Waals surface area (Å²) < 4.78 is 19.3. The first-order valence-corrected chi connectivity index (χ1v) is 6.40. The number of anilines is 1. The van der Waals surface area contributed by atoms with Gasteiger partial charge in [0.05, 0.1) is 11.7 Å². The van der Waals surface area contributed by atoms with E-state index < -0.39 is 5.82 Å². The van der Waals surface area contributed by atoms with E-state index in [0.29, 0.717) is 24.3 Å². The normalized spacial score (nSPS) is 16.7. The van der Waals surface area contributed by atoms with Crippen LogP contribution in [0.3, 0.4) is 0 Å². The van der Waals surface area contributed by atoms with Gasteiger partial charge in [0, 0.05) is 25.9 Å². The molecule has 1 aromatic carbocycles. The summed E-state index contributed by atoms with van der Waals surface area (Å²) in [5.74, 6) is -0.768.